The first-order valence-electron chi connectivity index (χ1n) is 8.12. The maximum Gasteiger partial charge on any atom is 0.225 e. The Balaban J connectivity index is 1.50. The fourth-order valence-corrected chi connectivity index (χ4v) is 3.91. The second kappa shape index (κ2) is 6.12. The average molecular weight is 311 g/mol. The van der Waals surface area contributed by atoms with Crippen molar-refractivity contribution >= 4 is 5.95 Å². The SMILES string of the molecule is COc1ncccc1CN1CC[C@@H]2[C@@H]1CCN2c1ncccn1. The number of hydrogen-bond acceptors (Lipinski definition) is 6. The first-order valence-corrected chi connectivity index (χ1v) is 8.12. The maximum atomic E-state index is 5.39. The van der Waals surface area contributed by atoms with Gasteiger partial charge < -0.3 is 9.64 Å². The Hall–Kier alpha value is -2.21. The van der Waals surface area contributed by atoms with Crippen LogP contribution in [0.15, 0.2) is 36.8 Å². The van der Waals surface area contributed by atoms with Crippen molar-refractivity contribution in [3.8, 4) is 5.88 Å². The number of hydrogen-bond donors (Lipinski definition) is 0. The van der Waals surface area contributed by atoms with Crippen molar-refractivity contribution in [3.63, 3.8) is 0 Å². The van der Waals surface area contributed by atoms with Crippen molar-refractivity contribution in [3.05, 3.63) is 42.4 Å². The minimum absolute atomic E-state index is 0.514. The third-order valence-corrected chi connectivity index (χ3v) is 4.92. The molecule has 23 heavy (non-hydrogen) atoms. The Morgan fingerprint density at radius 3 is 2.65 bits per heavy atom. The van der Waals surface area contributed by atoms with Crippen LogP contribution in [0.1, 0.15) is 18.4 Å². The van der Waals surface area contributed by atoms with Crippen LogP contribution in [-0.4, -0.2) is 52.1 Å². The van der Waals surface area contributed by atoms with Crippen LogP contribution in [0.2, 0.25) is 0 Å². The van der Waals surface area contributed by atoms with Crippen LogP contribution in [0, 0.1) is 0 Å². The normalized spacial score (nSPS) is 24.0. The minimum Gasteiger partial charge on any atom is -0.481 e. The number of anilines is 1. The van der Waals surface area contributed by atoms with Crippen molar-refractivity contribution in [2.75, 3.05) is 25.1 Å². The van der Waals surface area contributed by atoms with Gasteiger partial charge in [0.25, 0.3) is 0 Å². The number of fused-ring (bicyclic) bond motifs is 1. The molecule has 0 aliphatic carbocycles. The molecule has 0 amide bonds. The van der Waals surface area contributed by atoms with Crippen LogP contribution in [0.5, 0.6) is 5.88 Å². The highest BCUT2D eigenvalue weighted by Gasteiger charge is 2.43. The van der Waals surface area contributed by atoms with Crippen LogP contribution in [0.4, 0.5) is 5.95 Å². The molecule has 2 atom stereocenters. The van der Waals surface area contributed by atoms with Gasteiger partial charge in [0.2, 0.25) is 11.8 Å². The molecule has 0 spiro atoms. The van der Waals surface area contributed by atoms with E-state index >= 15 is 0 Å². The Bertz CT molecular complexity index is 665. The van der Waals surface area contributed by atoms with E-state index in [-0.39, 0.29) is 0 Å². The summed E-state index contributed by atoms with van der Waals surface area (Å²) >= 11 is 0. The summed E-state index contributed by atoms with van der Waals surface area (Å²) in [5.74, 6) is 1.60. The van der Waals surface area contributed by atoms with Crippen LogP contribution in [-0.2, 0) is 6.54 Å². The lowest BCUT2D eigenvalue weighted by Gasteiger charge is -2.25. The third kappa shape index (κ3) is 2.63. The number of nitrogens with zero attached hydrogens (tertiary/aromatic N) is 5. The van der Waals surface area contributed by atoms with Crippen molar-refractivity contribution < 1.29 is 4.74 Å². The van der Waals surface area contributed by atoms with E-state index in [4.69, 9.17) is 4.74 Å². The Labute approximate surface area is 136 Å². The molecule has 6 heteroatoms. The quantitative estimate of drug-likeness (QED) is 0.857. The van der Waals surface area contributed by atoms with Crippen LogP contribution < -0.4 is 9.64 Å². The molecule has 0 saturated carbocycles. The van der Waals surface area contributed by atoms with Gasteiger partial charge in [0, 0.05) is 55.9 Å². The zero-order chi connectivity index (χ0) is 15.6. The number of rotatable bonds is 4. The Morgan fingerprint density at radius 2 is 1.83 bits per heavy atom. The van der Waals surface area contributed by atoms with E-state index in [1.54, 1.807) is 13.3 Å². The molecular formula is C17H21N5O. The van der Waals surface area contributed by atoms with Gasteiger partial charge in [-0.15, -0.1) is 0 Å². The van der Waals surface area contributed by atoms with E-state index in [0.29, 0.717) is 12.1 Å². The smallest absolute Gasteiger partial charge is 0.225 e. The van der Waals surface area contributed by atoms with Crippen molar-refractivity contribution in [2.45, 2.75) is 31.5 Å². The maximum absolute atomic E-state index is 5.39. The Morgan fingerprint density at radius 1 is 1.04 bits per heavy atom. The summed E-state index contributed by atoms with van der Waals surface area (Å²) < 4.78 is 5.39. The van der Waals surface area contributed by atoms with E-state index in [1.807, 2.05) is 24.5 Å². The third-order valence-electron chi connectivity index (χ3n) is 4.92. The summed E-state index contributed by atoms with van der Waals surface area (Å²) in [6.45, 7) is 3.01. The van der Waals surface area contributed by atoms with Gasteiger partial charge in [-0.25, -0.2) is 15.0 Å². The molecule has 2 saturated heterocycles. The molecule has 2 aliphatic heterocycles. The van der Waals surface area contributed by atoms with Gasteiger partial charge in [0.1, 0.15) is 0 Å². The summed E-state index contributed by atoms with van der Waals surface area (Å²) in [6, 6.07) is 7.02. The summed E-state index contributed by atoms with van der Waals surface area (Å²) in [5.41, 5.74) is 1.16. The topological polar surface area (TPSA) is 54.4 Å². The fraction of sp³-hybridized carbons (Fsp3) is 0.471. The van der Waals surface area contributed by atoms with Gasteiger partial charge in [-0.1, -0.05) is 6.07 Å². The molecule has 120 valence electrons. The molecule has 2 aromatic heterocycles. The monoisotopic (exact) mass is 311 g/mol. The number of ether oxygens (including phenoxy) is 1. The molecule has 0 radical (unpaired) electrons. The largest absolute Gasteiger partial charge is 0.481 e. The summed E-state index contributed by atoms with van der Waals surface area (Å²) in [6.07, 6.45) is 7.74. The Kier molecular flexibility index (Phi) is 3.83. The molecule has 4 heterocycles. The molecule has 2 aromatic rings. The molecule has 0 N–H and O–H groups in total. The van der Waals surface area contributed by atoms with Crippen LogP contribution in [0.25, 0.3) is 0 Å². The molecule has 6 nitrogen and oxygen atoms in total. The second-order valence-electron chi connectivity index (χ2n) is 6.10. The zero-order valence-electron chi connectivity index (χ0n) is 13.3. The number of aromatic nitrogens is 3. The summed E-state index contributed by atoms with van der Waals surface area (Å²) in [4.78, 5) is 18.1. The molecule has 0 bridgehead atoms. The van der Waals surface area contributed by atoms with E-state index in [1.165, 1.54) is 0 Å². The van der Waals surface area contributed by atoms with Crippen molar-refractivity contribution in [2.24, 2.45) is 0 Å². The van der Waals surface area contributed by atoms with E-state index in [0.717, 1.165) is 49.9 Å². The standard InChI is InChI=1S/C17H21N5O/c1-23-16-13(4-2-7-18-16)12-21-10-5-15-14(21)6-11-22(15)17-19-8-3-9-20-17/h2-4,7-9,14-15H,5-6,10-12H2,1H3/t14-,15+/m0/s1. The highest BCUT2D eigenvalue weighted by Crippen LogP contribution is 2.35. The number of pyridine rings is 1. The second-order valence-corrected chi connectivity index (χ2v) is 6.10. The molecule has 2 fully saturated rings. The zero-order valence-corrected chi connectivity index (χ0v) is 13.3. The lowest BCUT2D eigenvalue weighted by Crippen LogP contribution is -2.37. The number of methoxy groups -OCH3 is 1. The molecule has 2 aliphatic rings. The molecular weight excluding hydrogens is 290 g/mol. The minimum atomic E-state index is 0.514. The first-order chi connectivity index (χ1) is 11.4. The highest BCUT2D eigenvalue weighted by molar-refractivity contribution is 5.35. The van der Waals surface area contributed by atoms with Gasteiger partial charge >= 0.3 is 0 Å². The first kappa shape index (κ1) is 14.4. The van der Waals surface area contributed by atoms with Gasteiger partial charge in [-0.2, -0.15) is 0 Å². The lowest BCUT2D eigenvalue weighted by atomic mass is 10.1. The van der Waals surface area contributed by atoms with Crippen molar-refractivity contribution in [1.82, 2.24) is 19.9 Å². The van der Waals surface area contributed by atoms with Crippen LogP contribution >= 0.6 is 0 Å². The highest BCUT2D eigenvalue weighted by atomic mass is 16.5. The van der Waals surface area contributed by atoms with Gasteiger partial charge in [0.05, 0.1) is 7.11 Å². The van der Waals surface area contributed by atoms with E-state index < -0.39 is 0 Å². The predicted molar refractivity (Wildman–Crippen MR) is 87.4 cm³/mol. The van der Waals surface area contributed by atoms with E-state index in [9.17, 15) is 0 Å². The predicted octanol–water partition coefficient (Wildman–Crippen LogP) is 1.73. The molecule has 0 aromatic carbocycles. The summed E-state index contributed by atoms with van der Waals surface area (Å²) in [7, 11) is 1.68. The average Bonchev–Trinajstić information content (AvgIpc) is 3.19. The van der Waals surface area contributed by atoms with Gasteiger partial charge in [0.15, 0.2) is 0 Å². The molecule has 0 unspecified atom stereocenters. The van der Waals surface area contributed by atoms with Gasteiger partial charge in [-0.05, 0) is 25.0 Å². The number of likely N-dealkylation sites (tertiary alicyclic amines) is 1. The molecule has 4 rings (SSSR count). The summed E-state index contributed by atoms with van der Waals surface area (Å²) in [5, 5.41) is 0. The van der Waals surface area contributed by atoms with Gasteiger partial charge in [-0.3, -0.25) is 4.90 Å². The fourth-order valence-electron chi connectivity index (χ4n) is 3.91. The van der Waals surface area contributed by atoms with E-state index in [2.05, 4.69) is 30.8 Å². The van der Waals surface area contributed by atoms with Crippen LogP contribution in [0.3, 0.4) is 0 Å². The van der Waals surface area contributed by atoms with Crippen molar-refractivity contribution in [1.29, 1.82) is 0 Å². The lowest BCUT2D eigenvalue weighted by molar-refractivity contribution is 0.241.